The van der Waals surface area contributed by atoms with Crippen LogP contribution in [0.1, 0.15) is 12.0 Å². The Morgan fingerprint density at radius 3 is 2.22 bits per heavy atom. The molecule has 1 heterocycles. The van der Waals surface area contributed by atoms with Crippen molar-refractivity contribution in [2.24, 2.45) is 0 Å². The van der Waals surface area contributed by atoms with Gasteiger partial charge in [-0.05, 0) is 18.7 Å². The summed E-state index contributed by atoms with van der Waals surface area (Å²) in [6.45, 7) is 2.78. The van der Waals surface area contributed by atoms with E-state index in [1.165, 1.54) is 6.07 Å². The number of nitrogens with zero attached hydrogens (tertiary/aromatic N) is 2. The van der Waals surface area contributed by atoms with E-state index in [0.29, 0.717) is 44.7 Å². The zero-order valence-corrected chi connectivity index (χ0v) is 14.1. The zero-order valence-electron chi connectivity index (χ0n) is 13.3. The molecule has 0 atom stereocenters. The Balaban J connectivity index is 0.00000264. The lowest BCUT2D eigenvalue weighted by molar-refractivity contribution is -0.139. The van der Waals surface area contributed by atoms with Crippen molar-refractivity contribution in [3.8, 4) is 0 Å². The molecule has 0 aliphatic carbocycles. The highest BCUT2D eigenvalue weighted by molar-refractivity contribution is 5.85. The highest BCUT2D eigenvalue weighted by Crippen LogP contribution is 2.11. The molecule has 2 amide bonds. The molecule has 0 unspecified atom stereocenters. The Morgan fingerprint density at radius 1 is 1.09 bits per heavy atom. The van der Waals surface area contributed by atoms with E-state index >= 15 is 0 Å². The van der Waals surface area contributed by atoms with Gasteiger partial charge in [0, 0.05) is 39.1 Å². The van der Waals surface area contributed by atoms with Crippen molar-refractivity contribution >= 4 is 24.2 Å². The minimum Gasteiger partial charge on any atom is -0.339 e. The Morgan fingerprint density at radius 2 is 1.65 bits per heavy atom. The average Bonchev–Trinajstić information content (AvgIpc) is 2.55. The minimum absolute atomic E-state index is 0. The van der Waals surface area contributed by atoms with Crippen LogP contribution in [0.25, 0.3) is 0 Å². The van der Waals surface area contributed by atoms with E-state index in [4.69, 9.17) is 0 Å². The second kappa shape index (κ2) is 9.47. The molecule has 1 saturated heterocycles. The summed E-state index contributed by atoms with van der Waals surface area (Å²) >= 11 is 0. The van der Waals surface area contributed by atoms with Gasteiger partial charge in [-0.3, -0.25) is 9.59 Å². The first-order valence-corrected chi connectivity index (χ1v) is 7.55. The van der Waals surface area contributed by atoms with Crippen molar-refractivity contribution in [3.63, 3.8) is 0 Å². The van der Waals surface area contributed by atoms with Crippen LogP contribution in [0.5, 0.6) is 0 Å². The third-order valence-electron chi connectivity index (χ3n) is 3.87. The van der Waals surface area contributed by atoms with Crippen molar-refractivity contribution in [2.45, 2.75) is 12.8 Å². The summed E-state index contributed by atoms with van der Waals surface area (Å²) < 4.78 is 13.6. The van der Waals surface area contributed by atoms with Crippen molar-refractivity contribution < 1.29 is 14.0 Å². The fourth-order valence-electron chi connectivity index (χ4n) is 2.51. The molecule has 128 valence electrons. The standard InChI is InChI=1S/C16H22FN3O2.ClH/c1-18-7-6-15(21)19-8-10-20(11-9-19)16(22)12-13-4-2-3-5-14(13)17;/h2-5,18H,6-12H2,1H3;1H. The van der Waals surface area contributed by atoms with Crippen LogP contribution in [-0.4, -0.2) is 61.4 Å². The Labute approximate surface area is 142 Å². The number of hydrogen-bond acceptors (Lipinski definition) is 3. The third kappa shape index (κ3) is 5.48. The van der Waals surface area contributed by atoms with E-state index in [9.17, 15) is 14.0 Å². The Kier molecular flexibility index (Phi) is 7.98. The number of halogens is 2. The molecule has 1 aromatic carbocycles. The van der Waals surface area contributed by atoms with Crippen LogP contribution >= 0.6 is 12.4 Å². The predicted molar refractivity (Wildman–Crippen MR) is 89.1 cm³/mol. The fourth-order valence-corrected chi connectivity index (χ4v) is 2.51. The summed E-state index contributed by atoms with van der Waals surface area (Å²) in [5.74, 6) is -0.334. The molecular formula is C16H23ClFN3O2. The van der Waals surface area contributed by atoms with Crippen LogP contribution in [0.2, 0.25) is 0 Å². The van der Waals surface area contributed by atoms with Crippen LogP contribution in [0.3, 0.4) is 0 Å². The maximum atomic E-state index is 13.6. The molecule has 1 aromatic rings. The Bertz CT molecular complexity index is 534. The molecule has 0 bridgehead atoms. The number of nitrogens with one attached hydrogen (secondary N) is 1. The van der Waals surface area contributed by atoms with Crippen molar-refractivity contribution in [1.29, 1.82) is 0 Å². The van der Waals surface area contributed by atoms with E-state index < -0.39 is 0 Å². The maximum absolute atomic E-state index is 13.6. The molecule has 2 rings (SSSR count). The molecule has 23 heavy (non-hydrogen) atoms. The minimum atomic E-state index is -0.350. The highest BCUT2D eigenvalue weighted by Gasteiger charge is 2.24. The summed E-state index contributed by atoms with van der Waals surface area (Å²) in [5, 5.41) is 2.95. The first kappa shape index (κ1) is 19.4. The molecule has 1 fully saturated rings. The molecule has 1 aliphatic heterocycles. The summed E-state index contributed by atoms with van der Waals surface area (Å²) in [6.07, 6.45) is 0.542. The van der Waals surface area contributed by atoms with Gasteiger partial charge in [0.2, 0.25) is 11.8 Å². The number of amides is 2. The first-order chi connectivity index (χ1) is 10.6. The molecule has 1 N–H and O–H groups in total. The zero-order chi connectivity index (χ0) is 15.9. The van der Waals surface area contributed by atoms with Gasteiger partial charge in [-0.2, -0.15) is 0 Å². The lowest BCUT2D eigenvalue weighted by Crippen LogP contribution is -2.51. The summed E-state index contributed by atoms with van der Waals surface area (Å²) in [5.41, 5.74) is 0.417. The second-order valence-corrected chi connectivity index (χ2v) is 5.38. The fraction of sp³-hybridized carbons (Fsp3) is 0.500. The molecule has 0 aromatic heterocycles. The second-order valence-electron chi connectivity index (χ2n) is 5.38. The topological polar surface area (TPSA) is 52.7 Å². The van der Waals surface area contributed by atoms with E-state index in [1.54, 1.807) is 28.0 Å². The predicted octanol–water partition coefficient (Wildman–Crippen LogP) is 1.07. The van der Waals surface area contributed by atoms with Gasteiger partial charge in [-0.15, -0.1) is 12.4 Å². The molecule has 5 nitrogen and oxygen atoms in total. The van der Waals surface area contributed by atoms with E-state index in [1.807, 2.05) is 7.05 Å². The number of hydrogen-bond donors (Lipinski definition) is 1. The van der Waals surface area contributed by atoms with Crippen molar-refractivity contribution in [1.82, 2.24) is 15.1 Å². The van der Waals surface area contributed by atoms with Gasteiger partial charge in [0.15, 0.2) is 0 Å². The number of piperazine rings is 1. The molecule has 0 radical (unpaired) electrons. The largest absolute Gasteiger partial charge is 0.339 e. The van der Waals surface area contributed by atoms with Gasteiger partial charge in [0.1, 0.15) is 5.82 Å². The summed E-state index contributed by atoms with van der Waals surface area (Å²) in [7, 11) is 1.81. The van der Waals surface area contributed by atoms with Crippen LogP contribution in [0.15, 0.2) is 24.3 Å². The lowest BCUT2D eigenvalue weighted by Gasteiger charge is -2.35. The summed E-state index contributed by atoms with van der Waals surface area (Å²) in [6, 6.07) is 6.33. The number of rotatable bonds is 5. The SMILES string of the molecule is CNCCC(=O)N1CCN(C(=O)Cc2ccccc2F)CC1.Cl. The van der Waals surface area contributed by atoms with E-state index in [0.717, 1.165) is 0 Å². The number of benzene rings is 1. The molecule has 7 heteroatoms. The molecular weight excluding hydrogens is 321 g/mol. The van der Waals surface area contributed by atoms with Crippen LogP contribution < -0.4 is 5.32 Å². The highest BCUT2D eigenvalue weighted by atomic mass is 35.5. The normalized spacial score (nSPS) is 14.3. The maximum Gasteiger partial charge on any atom is 0.227 e. The van der Waals surface area contributed by atoms with Crippen LogP contribution in [0, 0.1) is 5.82 Å². The van der Waals surface area contributed by atoms with Crippen molar-refractivity contribution in [2.75, 3.05) is 39.8 Å². The third-order valence-corrected chi connectivity index (χ3v) is 3.87. The quantitative estimate of drug-likeness (QED) is 0.870. The lowest BCUT2D eigenvalue weighted by atomic mass is 10.1. The molecule has 1 aliphatic rings. The monoisotopic (exact) mass is 343 g/mol. The van der Waals surface area contributed by atoms with E-state index in [-0.39, 0.29) is 36.5 Å². The van der Waals surface area contributed by atoms with Gasteiger partial charge in [0.05, 0.1) is 6.42 Å². The molecule has 0 spiro atoms. The van der Waals surface area contributed by atoms with Gasteiger partial charge in [0.25, 0.3) is 0 Å². The first-order valence-electron chi connectivity index (χ1n) is 7.55. The van der Waals surface area contributed by atoms with Crippen molar-refractivity contribution in [3.05, 3.63) is 35.6 Å². The van der Waals surface area contributed by atoms with Crippen LogP contribution in [-0.2, 0) is 16.0 Å². The number of carbonyl (C=O) groups is 2. The Hall–Kier alpha value is -1.66. The van der Waals surface area contributed by atoms with Gasteiger partial charge >= 0.3 is 0 Å². The van der Waals surface area contributed by atoms with Gasteiger partial charge < -0.3 is 15.1 Å². The van der Waals surface area contributed by atoms with Gasteiger partial charge in [-0.25, -0.2) is 4.39 Å². The van der Waals surface area contributed by atoms with Gasteiger partial charge in [-0.1, -0.05) is 18.2 Å². The molecule has 0 saturated carbocycles. The summed E-state index contributed by atoms with van der Waals surface area (Å²) in [4.78, 5) is 27.6. The van der Waals surface area contributed by atoms with Crippen LogP contribution in [0.4, 0.5) is 4.39 Å². The average molecular weight is 344 g/mol. The van der Waals surface area contributed by atoms with E-state index in [2.05, 4.69) is 5.32 Å². The number of carbonyl (C=O) groups excluding carboxylic acids is 2. The smallest absolute Gasteiger partial charge is 0.227 e.